The van der Waals surface area contributed by atoms with Crippen LogP contribution in [0.2, 0.25) is 0 Å². The predicted molar refractivity (Wildman–Crippen MR) is 52.1 cm³/mol. The molecule has 3 atom stereocenters. The number of fused-ring (bicyclic) bond motifs is 1. The number of allylic oxidation sites excluding steroid dienone is 1. The Hall–Kier alpha value is -1.39. The predicted octanol–water partition coefficient (Wildman–Crippen LogP) is 2.20. The zero-order valence-corrected chi connectivity index (χ0v) is 8.50. The highest BCUT2D eigenvalue weighted by Crippen LogP contribution is 2.58. The zero-order valence-electron chi connectivity index (χ0n) is 8.50. The lowest BCUT2D eigenvalue weighted by Crippen LogP contribution is -2.25. The fourth-order valence-electron chi connectivity index (χ4n) is 3.18. The molecule has 82 valence electrons. The highest BCUT2D eigenvalue weighted by molar-refractivity contribution is 5.66. The van der Waals surface area contributed by atoms with E-state index in [4.69, 9.17) is 15.9 Å². The Morgan fingerprint density at radius 3 is 2.80 bits per heavy atom. The van der Waals surface area contributed by atoms with Crippen LogP contribution >= 0.6 is 0 Å². The van der Waals surface area contributed by atoms with Crippen molar-refractivity contribution in [1.82, 2.24) is 0 Å². The van der Waals surface area contributed by atoms with E-state index in [0.717, 1.165) is 11.8 Å². The molecule has 2 fully saturated rings. The van der Waals surface area contributed by atoms with Crippen LogP contribution in [-0.2, 0) is 0 Å². The number of rotatable bonds is 0. The van der Waals surface area contributed by atoms with Crippen molar-refractivity contribution in [1.29, 1.82) is 5.53 Å². The van der Waals surface area contributed by atoms with Crippen LogP contribution < -0.4 is 0 Å². The summed E-state index contributed by atoms with van der Waals surface area (Å²) in [5, 5.41) is 13.5. The van der Waals surface area contributed by atoms with E-state index in [-0.39, 0.29) is 0 Å². The van der Waals surface area contributed by atoms with Crippen LogP contribution in [0.4, 0.5) is 0 Å². The molecule has 15 heavy (non-hydrogen) atoms. The molecule has 3 unspecified atom stereocenters. The highest BCUT2D eigenvalue weighted by Gasteiger charge is 2.50. The molecular formula is C10H16N3O2+. The molecule has 0 saturated heterocycles. The number of hydrogen-bond donors (Lipinski definition) is 3. The van der Waals surface area contributed by atoms with Crippen LogP contribution in [0.15, 0.2) is 17.3 Å². The van der Waals surface area contributed by atoms with Gasteiger partial charge in [-0.05, 0) is 37.0 Å². The second-order valence-corrected chi connectivity index (χ2v) is 4.59. The Morgan fingerprint density at radius 2 is 2.20 bits per heavy atom. The molecular weight excluding hydrogens is 194 g/mol. The summed E-state index contributed by atoms with van der Waals surface area (Å²) < 4.78 is 0. The first-order valence-electron chi connectivity index (χ1n) is 5.22. The lowest BCUT2D eigenvalue weighted by Gasteiger charge is -2.31. The van der Waals surface area contributed by atoms with Crippen LogP contribution in [0.25, 0.3) is 0 Å². The lowest BCUT2D eigenvalue weighted by atomic mass is 9.75. The first-order valence-corrected chi connectivity index (χ1v) is 5.22. The summed E-state index contributed by atoms with van der Waals surface area (Å²) in [7, 11) is 0. The van der Waals surface area contributed by atoms with Crippen molar-refractivity contribution < 1.29 is 15.4 Å². The second kappa shape index (κ2) is 3.64. The monoisotopic (exact) mass is 210 g/mol. The SMILES string of the molecule is C1=CC23CCC(CC2C=N1)C3.N=[N+](O)O. The summed E-state index contributed by atoms with van der Waals surface area (Å²) in [6.45, 7) is 0. The fraction of sp³-hybridized carbons (Fsp3) is 0.700. The largest absolute Gasteiger partial charge is 0.326 e. The summed E-state index contributed by atoms with van der Waals surface area (Å²) in [5.74, 6) is 1.82. The van der Waals surface area contributed by atoms with Crippen LogP contribution in [0.5, 0.6) is 0 Å². The molecule has 0 aromatic heterocycles. The first-order chi connectivity index (χ1) is 7.12. The van der Waals surface area contributed by atoms with Gasteiger partial charge in [0.25, 0.3) is 0 Å². The standard InChI is InChI=1S/C10H13N.H3N2O2/c1-2-10-3-4-11-7-9(10)5-8(1)6-10;1-2(3)4/h3-4,7-9H,1-2,5-6H2;(H3,1,3,4)/q;+1. The van der Waals surface area contributed by atoms with Crippen LogP contribution in [0.1, 0.15) is 25.7 Å². The summed E-state index contributed by atoms with van der Waals surface area (Å²) >= 11 is 0. The molecule has 5 heteroatoms. The lowest BCUT2D eigenvalue weighted by molar-refractivity contribution is -1.01. The first kappa shape index (κ1) is 10.1. The molecule has 1 spiro atoms. The van der Waals surface area contributed by atoms with Gasteiger partial charge in [-0.3, -0.25) is 4.99 Å². The molecule has 2 saturated carbocycles. The third kappa shape index (κ3) is 1.86. The van der Waals surface area contributed by atoms with Crippen molar-refractivity contribution in [3.63, 3.8) is 0 Å². The van der Waals surface area contributed by atoms with Gasteiger partial charge in [-0.2, -0.15) is 0 Å². The molecule has 5 nitrogen and oxygen atoms in total. The van der Waals surface area contributed by atoms with Crippen molar-refractivity contribution in [2.75, 3.05) is 0 Å². The molecule has 1 aliphatic heterocycles. The normalized spacial score (nSPS) is 39.5. The van der Waals surface area contributed by atoms with Gasteiger partial charge in [0.15, 0.2) is 0 Å². The third-order valence-corrected chi connectivity index (χ3v) is 3.77. The Bertz CT molecular complexity index is 323. The Morgan fingerprint density at radius 1 is 1.47 bits per heavy atom. The summed E-state index contributed by atoms with van der Waals surface area (Å²) in [6, 6.07) is 0. The number of nitrogens with one attached hydrogen (secondary N) is 1. The van der Waals surface area contributed by atoms with Gasteiger partial charge in [0, 0.05) is 23.9 Å². The van der Waals surface area contributed by atoms with Crippen molar-refractivity contribution in [3.8, 4) is 0 Å². The molecule has 0 radical (unpaired) electrons. The molecule has 2 aliphatic carbocycles. The van der Waals surface area contributed by atoms with Gasteiger partial charge in [0.1, 0.15) is 0 Å². The maximum atomic E-state index is 7.11. The van der Waals surface area contributed by atoms with Gasteiger partial charge in [-0.25, -0.2) is 10.4 Å². The van der Waals surface area contributed by atoms with E-state index >= 15 is 0 Å². The van der Waals surface area contributed by atoms with Crippen LogP contribution in [-0.4, -0.2) is 21.7 Å². The summed E-state index contributed by atoms with van der Waals surface area (Å²) in [4.78, 5) is 4.23. The summed E-state index contributed by atoms with van der Waals surface area (Å²) in [6.07, 6.45) is 12.3. The smallest absolute Gasteiger partial charge is 0.269 e. The van der Waals surface area contributed by atoms with Gasteiger partial charge in [-0.15, -0.1) is 0 Å². The van der Waals surface area contributed by atoms with E-state index in [0.29, 0.717) is 5.41 Å². The van der Waals surface area contributed by atoms with Crippen molar-refractivity contribution >= 4 is 6.21 Å². The third-order valence-electron chi connectivity index (χ3n) is 3.77. The second-order valence-electron chi connectivity index (χ2n) is 4.59. The minimum absolute atomic E-state index is 0.576. The molecule has 3 N–H and O–H groups in total. The zero-order chi connectivity index (χ0) is 10.9. The minimum Gasteiger partial charge on any atom is -0.269 e. The fourth-order valence-corrected chi connectivity index (χ4v) is 3.18. The average molecular weight is 210 g/mol. The van der Waals surface area contributed by atoms with Crippen LogP contribution in [0, 0.1) is 22.8 Å². The van der Waals surface area contributed by atoms with Crippen LogP contribution in [0.3, 0.4) is 0 Å². The minimum atomic E-state index is -0.750. The van der Waals surface area contributed by atoms with Gasteiger partial charge < -0.3 is 0 Å². The Labute approximate surface area is 88.2 Å². The van der Waals surface area contributed by atoms with E-state index in [1.54, 1.807) is 0 Å². The van der Waals surface area contributed by atoms with E-state index in [1.807, 2.05) is 6.20 Å². The maximum absolute atomic E-state index is 7.11. The van der Waals surface area contributed by atoms with Gasteiger partial charge in [0.2, 0.25) is 0 Å². The van der Waals surface area contributed by atoms with E-state index in [9.17, 15) is 0 Å². The molecule has 3 rings (SSSR count). The van der Waals surface area contributed by atoms with E-state index < -0.39 is 5.02 Å². The molecule has 0 aromatic carbocycles. The molecule has 3 aliphatic rings. The van der Waals surface area contributed by atoms with Gasteiger partial charge >= 0.3 is 5.02 Å². The van der Waals surface area contributed by atoms with Crippen molar-refractivity contribution in [2.45, 2.75) is 25.7 Å². The summed E-state index contributed by atoms with van der Waals surface area (Å²) in [5.41, 5.74) is 6.10. The van der Waals surface area contributed by atoms with Crippen molar-refractivity contribution in [2.24, 2.45) is 22.2 Å². The number of aliphatic imine (C=N–C) groups is 1. The molecule has 2 bridgehead atoms. The van der Waals surface area contributed by atoms with Gasteiger partial charge in [0.05, 0.1) is 0 Å². The van der Waals surface area contributed by atoms with E-state index in [1.165, 1.54) is 25.7 Å². The topological polar surface area (TPSA) is 79.7 Å². The molecule has 0 amide bonds. The molecule has 0 aromatic rings. The highest BCUT2D eigenvalue weighted by atomic mass is 16.8. The molecule has 1 heterocycles. The number of hydrogen-bond acceptors (Lipinski definition) is 2. The Kier molecular flexibility index (Phi) is 2.46. The van der Waals surface area contributed by atoms with Gasteiger partial charge in [-0.1, -0.05) is 6.08 Å². The Balaban J connectivity index is 0.000000188. The van der Waals surface area contributed by atoms with E-state index in [2.05, 4.69) is 17.3 Å². The average Bonchev–Trinajstić information content (AvgIpc) is 2.71. The maximum Gasteiger partial charge on any atom is 0.326 e. The van der Waals surface area contributed by atoms with Crippen molar-refractivity contribution in [3.05, 3.63) is 12.3 Å². The number of nitrogens with zero attached hydrogens (tertiary/aromatic N) is 2. The quantitative estimate of drug-likeness (QED) is 0.423.